The third-order valence-electron chi connectivity index (χ3n) is 5.05. The summed E-state index contributed by atoms with van der Waals surface area (Å²) < 4.78 is 0. The fourth-order valence-electron chi connectivity index (χ4n) is 3.59. The number of carbonyl (C=O) groups is 1. The Morgan fingerprint density at radius 3 is 2.74 bits per heavy atom. The van der Waals surface area contributed by atoms with Crippen molar-refractivity contribution in [2.75, 3.05) is 13.1 Å². The number of benzene rings is 2. The van der Waals surface area contributed by atoms with Gasteiger partial charge in [0.15, 0.2) is 0 Å². The van der Waals surface area contributed by atoms with Gasteiger partial charge in [-0.2, -0.15) is 0 Å². The molecule has 0 aliphatic carbocycles. The van der Waals surface area contributed by atoms with Gasteiger partial charge in [0.1, 0.15) is 0 Å². The van der Waals surface area contributed by atoms with Crippen LogP contribution in [0.1, 0.15) is 31.7 Å². The summed E-state index contributed by atoms with van der Waals surface area (Å²) >= 11 is 0. The van der Waals surface area contributed by atoms with Gasteiger partial charge in [-0.1, -0.05) is 49.4 Å². The normalized spacial score (nSPS) is 17.1. The summed E-state index contributed by atoms with van der Waals surface area (Å²) in [6, 6.07) is 14.6. The molecule has 2 N–H and O–H groups in total. The lowest BCUT2D eigenvalue weighted by atomic mass is 9.84. The second-order valence-electron chi connectivity index (χ2n) is 6.68. The average Bonchev–Trinajstić information content (AvgIpc) is 2.60. The van der Waals surface area contributed by atoms with Crippen LogP contribution >= 0.6 is 0 Å². The Morgan fingerprint density at radius 1 is 1.17 bits per heavy atom. The lowest BCUT2D eigenvalue weighted by Gasteiger charge is -2.27. The zero-order valence-electron chi connectivity index (χ0n) is 13.8. The summed E-state index contributed by atoms with van der Waals surface area (Å²) in [6.45, 7) is 5.01. The summed E-state index contributed by atoms with van der Waals surface area (Å²) in [5.74, 6) is 1.31. The van der Waals surface area contributed by atoms with E-state index in [1.54, 1.807) is 0 Å². The molecular formula is C20H26N2O. The number of hydrogen-bond donors (Lipinski definition) is 2. The summed E-state index contributed by atoms with van der Waals surface area (Å²) in [6.07, 6.45) is 3.02. The molecule has 1 aliphatic rings. The number of rotatable bonds is 5. The second kappa shape index (κ2) is 7.60. The first-order valence-electron chi connectivity index (χ1n) is 8.68. The first-order valence-corrected chi connectivity index (χ1v) is 8.68. The molecule has 0 radical (unpaired) electrons. The van der Waals surface area contributed by atoms with Gasteiger partial charge in [-0.05, 0) is 54.1 Å². The number of carbonyl (C=O) groups excluding carboxylic acids is 1. The zero-order chi connectivity index (χ0) is 16.1. The molecule has 122 valence electrons. The van der Waals surface area contributed by atoms with Gasteiger partial charge >= 0.3 is 0 Å². The molecule has 1 amide bonds. The van der Waals surface area contributed by atoms with E-state index in [0.717, 1.165) is 13.1 Å². The Kier molecular flexibility index (Phi) is 5.29. The molecule has 1 atom stereocenters. The molecule has 0 spiro atoms. The molecule has 1 fully saturated rings. The Morgan fingerprint density at radius 2 is 1.91 bits per heavy atom. The van der Waals surface area contributed by atoms with Crippen molar-refractivity contribution in [3.05, 3.63) is 48.0 Å². The van der Waals surface area contributed by atoms with Crippen LogP contribution < -0.4 is 10.6 Å². The maximum atomic E-state index is 12.3. The van der Waals surface area contributed by atoms with Crippen LogP contribution in [0.15, 0.2) is 42.5 Å². The predicted octanol–water partition coefficient (Wildman–Crippen LogP) is 3.48. The van der Waals surface area contributed by atoms with Crippen molar-refractivity contribution in [3.8, 4) is 0 Å². The predicted molar refractivity (Wildman–Crippen MR) is 95.2 cm³/mol. The highest BCUT2D eigenvalue weighted by Gasteiger charge is 2.21. The zero-order valence-corrected chi connectivity index (χ0v) is 13.8. The van der Waals surface area contributed by atoms with E-state index in [-0.39, 0.29) is 5.91 Å². The van der Waals surface area contributed by atoms with Crippen molar-refractivity contribution < 1.29 is 4.79 Å². The van der Waals surface area contributed by atoms with Crippen LogP contribution in [0, 0.1) is 11.8 Å². The Balaban J connectivity index is 1.55. The van der Waals surface area contributed by atoms with E-state index < -0.39 is 0 Å². The van der Waals surface area contributed by atoms with Crippen molar-refractivity contribution in [2.24, 2.45) is 11.8 Å². The molecule has 23 heavy (non-hydrogen) atoms. The third kappa shape index (κ3) is 4.11. The number of nitrogens with one attached hydrogen (secondary N) is 2. The van der Waals surface area contributed by atoms with Crippen LogP contribution in [0.25, 0.3) is 10.8 Å². The highest BCUT2D eigenvalue weighted by molar-refractivity contribution is 5.86. The van der Waals surface area contributed by atoms with Crippen molar-refractivity contribution in [3.63, 3.8) is 0 Å². The van der Waals surface area contributed by atoms with E-state index in [0.29, 0.717) is 24.8 Å². The summed E-state index contributed by atoms with van der Waals surface area (Å²) in [4.78, 5) is 12.3. The molecule has 2 aromatic carbocycles. The SMILES string of the molecule is CC(CC(=O)NCc1cccc2ccccc12)C1CCNCC1. The van der Waals surface area contributed by atoms with Crippen LogP contribution in [-0.2, 0) is 11.3 Å². The molecule has 2 aromatic rings. The molecule has 1 saturated heterocycles. The molecular weight excluding hydrogens is 284 g/mol. The number of amides is 1. The van der Waals surface area contributed by atoms with Gasteiger partial charge in [0.2, 0.25) is 5.91 Å². The van der Waals surface area contributed by atoms with Crippen LogP contribution in [0.4, 0.5) is 0 Å². The van der Waals surface area contributed by atoms with Gasteiger partial charge in [0.05, 0.1) is 0 Å². The smallest absolute Gasteiger partial charge is 0.220 e. The summed E-state index contributed by atoms with van der Waals surface area (Å²) in [5.41, 5.74) is 1.19. The largest absolute Gasteiger partial charge is 0.352 e. The number of fused-ring (bicyclic) bond motifs is 1. The third-order valence-corrected chi connectivity index (χ3v) is 5.05. The topological polar surface area (TPSA) is 41.1 Å². The molecule has 3 nitrogen and oxygen atoms in total. The van der Waals surface area contributed by atoms with Gasteiger partial charge in [-0.3, -0.25) is 4.79 Å². The van der Waals surface area contributed by atoms with Crippen molar-refractivity contribution >= 4 is 16.7 Å². The first-order chi connectivity index (χ1) is 11.2. The van der Waals surface area contributed by atoms with Crippen molar-refractivity contribution in [2.45, 2.75) is 32.7 Å². The van der Waals surface area contributed by atoms with Gasteiger partial charge in [0.25, 0.3) is 0 Å². The highest BCUT2D eigenvalue weighted by Crippen LogP contribution is 2.24. The molecule has 0 bridgehead atoms. The average molecular weight is 310 g/mol. The van der Waals surface area contributed by atoms with Crippen LogP contribution in [-0.4, -0.2) is 19.0 Å². The number of hydrogen-bond acceptors (Lipinski definition) is 2. The monoisotopic (exact) mass is 310 g/mol. The van der Waals surface area contributed by atoms with E-state index in [4.69, 9.17) is 0 Å². The van der Waals surface area contributed by atoms with Gasteiger partial charge in [-0.15, -0.1) is 0 Å². The highest BCUT2D eigenvalue weighted by atomic mass is 16.1. The van der Waals surface area contributed by atoms with E-state index in [1.807, 2.05) is 12.1 Å². The van der Waals surface area contributed by atoms with Crippen molar-refractivity contribution in [1.29, 1.82) is 0 Å². The maximum Gasteiger partial charge on any atom is 0.220 e. The number of piperidine rings is 1. The lowest BCUT2D eigenvalue weighted by Crippen LogP contribution is -2.33. The van der Waals surface area contributed by atoms with E-state index >= 15 is 0 Å². The molecule has 3 rings (SSSR count). The molecule has 0 saturated carbocycles. The Labute approximate surface area is 138 Å². The van der Waals surface area contributed by atoms with Crippen LogP contribution in [0.5, 0.6) is 0 Å². The molecule has 1 heterocycles. The molecule has 3 heteroatoms. The fourth-order valence-corrected chi connectivity index (χ4v) is 3.59. The maximum absolute atomic E-state index is 12.3. The minimum Gasteiger partial charge on any atom is -0.352 e. The summed E-state index contributed by atoms with van der Waals surface area (Å²) in [5, 5.41) is 8.94. The Bertz CT molecular complexity index is 656. The first kappa shape index (κ1) is 16.0. The standard InChI is InChI=1S/C20H26N2O/c1-15(16-9-11-21-12-10-16)13-20(23)22-14-18-7-4-6-17-5-2-3-8-19(17)18/h2-8,15-16,21H,9-14H2,1H3,(H,22,23). The van der Waals surface area contributed by atoms with Crippen molar-refractivity contribution in [1.82, 2.24) is 10.6 Å². The second-order valence-corrected chi connectivity index (χ2v) is 6.68. The minimum atomic E-state index is 0.170. The molecule has 1 aliphatic heterocycles. The van der Waals surface area contributed by atoms with E-state index in [1.165, 1.54) is 29.2 Å². The summed E-state index contributed by atoms with van der Waals surface area (Å²) in [7, 11) is 0. The molecule has 1 unspecified atom stereocenters. The fraction of sp³-hybridized carbons (Fsp3) is 0.450. The van der Waals surface area contributed by atoms with E-state index in [9.17, 15) is 4.79 Å². The van der Waals surface area contributed by atoms with Crippen LogP contribution in [0.2, 0.25) is 0 Å². The quantitative estimate of drug-likeness (QED) is 0.887. The van der Waals surface area contributed by atoms with Gasteiger partial charge in [0, 0.05) is 13.0 Å². The van der Waals surface area contributed by atoms with Crippen LogP contribution in [0.3, 0.4) is 0 Å². The molecule has 0 aromatic heterocycles. The van der Waals surface area contributed by atoms with Gasteiger partial charge < -0.3 is 10.6 Å². The Hall–Kier alpha value is -1.87. The van der Waals surface area contributed by atoms with E-state index in [2.05, 4.69) is 47.9 Å². The lowest BCUT2D eigenvalue weighted by molar-refractivity contribution is -0.122. The minimum absolute atomic E-state index is 0.170. The van der Waals surface area contributed by atoms with Gasteiger partial charge in [-0.25, -0.2) is 0 Å².